The number of carbonyl (C=O) groups is 1. The summed E-state index contributed by atoms with van der Waals surface area (Å²) in [7, 11) is 0. The number of hydrogen-bond donors (Lipinski definition) is 1. The molecule has 4 aromatic carbocycles. The van der Waals surface area contributed by atoms with Crippen molar-refractivity contribution >= 4 is 39.7 Å². The van der Waals surface area contributed by atoms with Crippen LogP contribution in [0.25, 0.3) is 22.1 Å². The van der Waals surface area contributed by atoms with Gasteiger partial charge >= 0.3 is 0 Å². The predicted molar refractivity (Wildman–Crippen MR) is 180 cm³/mol. The summed E-state index contributed by atoms with van der Waals surface area (Å²) >= 11 is 1.60. The van der Waals surface area contributed by atoms with Gasteiger partial charge in [0.25, 0.3) is 0 Å². The zero-order valence-corrected chi connectivity index (χ0v) is 25.8. The summed E-state index contributed by atoms with van der Waals surface area (Å²) in [5, 5.41) is 13.9. The van der Waals surface area contributed by atoms with Crippen LogP contribution >= 0.6 is 11.8 Å². The largest absolute Gasteiger partial charge is 0.356 e. The Kier molecular flexibility index (Phi) is 9.63. The van der Waals surface area contributed by atoms with E-state index in [0.29, 0.717) is 18.1 Å². The van der Waals surface area contributed by atoms with E-state index < -0.39 is 0 Å². The van der Waals surface area contributed by atoms with Crippen LogP contribution in [0.3, 0.4) is 0 Å². The maximum atomic E-state index is 12.6. The van der Waals surface area contributed by atoms with E-state index in [1.165, 1.54) is 22.3 Å². The monoisotopic (exact) mass is 599 g/mol. The average Bonchev–Trinajstić information content (AvgIpc) is 3.36. The molecule has 0 aliphatic carbocycles. The molecule has 6 rings (SSSR count). The van der Waals surface area contributed by atoms with E-state index in [0.717, 1.165) is 53.6 Å². The van der Waals surface area contributed by atoms with Crippen LogP contribution in [0.2, 0.25) is 0 Å². The number of carbonyl (C=O) groups excluding carboxylic acids is 1. The molecule has 7 heteroatoms. The molecule has 6 nitrogen and oxygen atoms in total. The maximum absolute atomic E-state index is 12.6. The number of fused-ring (bicyclic) bond motifs is 3. The first-order valence-electron chi connectivity index (χ1n) is 15.3. The van der Waals surface area contributed by atoms with Crippen LogP contribution in [0.4, 0.5) is 0 Å². The van der Waals surface area contributed by atoms with E-state index in [9.17, 15) is 4.79 Å². The molecule has 0 aliphatic rings. The molecule has 0 saturated heterocycles. The Labute approximate surface area is 262 Å². The number of aromatic nitrogens is 4. The molecule has 0 aliphatic heterocycles. The minimum atomic E-state index is 0.106. The normalized spacial score (nSPS) is 11.4. The maximum Gasteiger partial charge on any atom is 0.219 e. The van der Waals surface area contributed by atoms with Crippen LogP contribution in [0.1, 0.15) is 53.9 Å². The molecule has 0 fully saturated rings. The summed E-state index contributed by atoms with van der Waals surface area (Å²) in [6.45, 7) is 3.49. The Bertz CT molecular complexity index is 1800. The fourth-order valence-corrected chi connectivity index (χ4v) is 6.58. The summed E-state index contributed by atoms with van der Waals surface area (Å²) in [5.41, 5.74) is 7.81. The number of rotatable bonds is 13. The third kappa shape index (κ3) is 7.17. The fraction of sp³-hybridized carbons (Fsp3) is 0.243. The molecular weight excluding hydrogens is 563 g/mol. The van der Waals surface area contributed by atoms with Crippen molar-refractivity contribution in [2.45, 2.75) is 50.2 Å². The van der Waals surface area contributed by atoms with E-state index in [-0.39, 0.29) is 11.8 Å². The topological polar surface area (TPSA) is 72.7 Å². The van der Waals surface area contributed by atoms with Crippen molar-refractivity contribution in [3.8, 4) is 0 Å². The molecular formula is C37H37N5OS. The van der Waals surface area contributed by atoms with Gasteiger partial charge in [0.2, 0.25) is 11.1 Å². The Morgan fingerprint density at radius 3 is 2.32 bits per heavy atom. The van der Waals surface area contributed by atoms with Crippen molar-refractivity contribution in [1.29, 1.82) is 0 Å². The predicted octanol–water partition coefficient (Wildman–Crippen LogP) is 7.94. The smallest absolute Gasteiger partial charge is 0.219 e. The minimum absolute atomic E-state index is 0.106. The van der Waals surface area contributed by atoms with Gasteiger partial charge in [-0.05, 0) is 48.9 Å². The van der Waals surface area contributed by atoms with Crippen LogP contribution in [-0.4, -0.2) is 38.0 Å². The molecule has 44 heavy (non-hydrogen) atoms. The van der Waals surface area contributed by atoms with E-state index in [1.807, 2.05) is 18.2 Å². The van der Waals surface area contributed by atoms with Gasteiger partial charge in [-0.2, -0.15) is 0 Å². The number of thioether (sulfide) groups is 1. The molecule has 2 aromatic heterocycles. The van der Waals surface area contributed by atoms with Crippen LogP contribution < -0.4 is 5.32 Å². The summed E-state index contributed by atoms with van der Waals surface area (Å²) in [5.74, 6) is 1.20. The molecule has 0 unspecified atom stereocenters. The van der Waals surface area contributed by atoms with Gasteiger partial charge in [-0.1, -0.05) is 120 Å². The lowest BCUT2D eigenvalue weighted by Gasteiger charge is -2.18. The average molecular weight is 600 g/mol. The van der Waals surface area contributed by atoms with Crippen LogP contribution in [0.5, 0.6) is 0 Å². The number of nitrogens with one attached hydrogen (secondary N) is 1. The van der Waals surface area contributed by atoms with Crippen LogP contribution in [-0.2, 0) is 11.3 Å². The molecule has 1 amide bonds. The molecule has 1 N–H and O–H groups in total. The van der Waals surface area contributed by atoms with Gasteiger partial charge in [-0.3, -0.25) is 4.79 Å². The van der Waals surface area contributed by atoms with Crippen molar-refractivity contribution in [2.75, 3.05) is 12.3 Å². The Hall–Kier alpha value is -4.49. The number of amides is 1. The van der Waals surface area contributed by atoms with Crippen molar-refractivity contribution in [3.63, 3.8) is 0 Å². The van der Waals surface area contributed by atoms with Gasteiger partial charge in [-0.25, -0.2) is 4.98 Å². The van der Waals surface area contributed by atoms with Gasteiger partial charge in [0.1, 0.15) is 5.52 Å². The lowest BCUT2D eigenvalue weighted by Crippen LogP contribution is -2.25. The lowest BCUT2D eigenvalue weighted by atomic mass is 9.88. The van der Waals surface area contributed by atoms with Crippen molar-refractivity contribution in [2.24, 2.45) is 0 Å². The Morgan fingerprint density at radius 2 is 1.57 bits per heavy atom. The lowest BCUT2D eigenvalue weighted by molar-refractivity contribution is -0.121. The van der Waals surface area contributed by atoms with E-state index in [1.54, 1.807) is 11.8 Å². The summed E-state index contributed by atoms with van der Waals surface area (Å²) in [6.07, 6.45) is 3.11. The number of aryl methyl sites for hydroxylation is 1. The zero-order chi connectivity index (χ0) is 30.1. The highest BCUT2D eigenvalue weighted by atomic mass is 32.2. The number of hydrogen-bond acceptors (Lipinski definition) is 5. The fourth-order valence-electron chi connectivity index (χ4n) is 5.80. The second kappa shape index (κ2) is 14.3. The highest BCUT2D eigenvalue weighted by molar-refractivity contribution is 7.99. The first kappa shape index (κ1) is 29.6. The van der Waals surface area contributed by atoms with Crippen molar-refractivity contribution < 1.29 is 4.79 Å². The first-order valence-corrected chi connectivity index (χ1v) is 16.3. The highest BCUT2D eigenvalue weighted by Crippen LogP contribution is 2.29. The number of para-hydroxylation sites is 1. The van der Waals surface area contributed by atoms with E-state index in [2.05, 4.69) is 118 Å². The highest BCUT2D eigenvalue weighted by Gasteiger charge is 2.16. The molecule has 0 spiro atoms. The van der Waals surface area contributed by atoms with Crippen molar-refractivity contribution in [3.05, 3.63) is 131 Å². The van der Waals surface area contributed by atoms with Gasteiger partial charge in [0.15, 0.2) is 5.65 Å². The van der Waals surface area contributed by atoms with Gasteiger partial charge in [-0.15, -0.1) is 10.2 Å². The van der Waals surface area contributed by atoms with Crippen LogP contribution in [0.15, 0.2) is 114 Å². The summed E-state index contributed by atoms with van der Waals surface area (Å²) < 4.78 is 2.24. The quantitative estimate of drug-likeness (QED) is 0.108. The molecule has 2 heterocycles. The molecule has 0 atom stereocenters. The molecule has 0 bridgehead atoms. The zero-order valence-electron chi connectivity index (χ0n) is 25.0. The molecule has 6 aromatic rings. The third-order valence-electron chi connectivity index (χ3n) is 7.97. The summed E-state index contributed by atoms with van der Waals surface area (Å²) in [4.78, 5) is 17.6. The second-order valence-electron chi connectivity index (χ2n) is 11.2. The Balaban J connectivity index is 1.01. The molecule has 0 radical (unpaired) electrons. The third-order valence-corrected chi connectivity index (χ3v) is 8.89. The standard InChI is InChI=1S/C37H37N5OS/c1-27-13-12-14-28(25-27)26-42-33-20-9-8-19-32(33)35-36(42)39-37(41-40-35)44-24-11-10-21-34(43)38-23-22-31(29-15-4-2-5-16-29)30-17-6-3-7-18-30/h2-9,12-20,25,31H,10-11,21-24,26H2,1H3,(H,38,43). The van der Waals surface area contributed by atoms with Crippen molar-refractivity contribution in [1.82, 2.24) is 25.1 Å². The SMILES string of the molecule is Cc1cccc(Cn2c3ccccc3c3nnc(SCCCCC(=O)NCCC(c4ccccc4)c4ccccc4)nc32)c1. The second-order valence-corrected chi connectivity index (χ2v) is 12.2. The minimum Gasteiger partial charge on any atom is -0.356 e. The van der Waals surface area contributed by atoms with E-state index in [4.69, 9.17) is 4.98 Å². The summed E-state index contributed by atoms with van der Waals surface area (Å²) in [6, 6.07) is 37.9. The van der Waals surface area contributed by atoms with Gasteiger partial charge < -0.3 is 9.88 Å². The van der Waals surface area contributed by atoms with Crippen LogP contribution in [0, 0.1) is 6.92 Å². The number of nitrogens with zero attached hydrogens (tertiary/aromatic N) is 4. The first-order chi connectivity index (χ1) is 21.7. The number of unbranched alkanes of at least 4 members (excludes halogenated alkanes) is 1. The van der Waals surface area contributed by atoms with E-state index >= 15 is 0 Å². The number of benzene rings is 4. The van der Waals surface area contributed by atoms with Gasteiger partial charge in [0, 0.05) is 36.6 Å². The molecule has 0 saturated carbocycles. The molecule has 222 valence electrons. The van der Waals surface area contributed by atoms with Gasteiger partial charge in [0.05, 0.1) is 5.52 Å². The Morgan fingerprint density at radius 1 is 0.841 bits per heavy atom.